The summed E-state index contributed by atoms with van der Waals surface area (Å²) in [4.78, 5) is 14.3. The van der Waals surface area contributed by atoms with Crippen LogP contribution in [-0.4, -0.2) is 4.98 Å². The third-order valence-corrected chi connectivity index (χ3v) is 3.18. The largest absolute Gasteiger partial charge is 0.322 e. The molecule has 0 amide bonds. The van der Waals surface area contributed by atoms with Crippen LogP contribution in [0.3, 0.4) is 0 Å². The molecule has 0 atom stereocenters. The van der Waals surface area contributed by atoms with Gasteiger partial charge in [0, 0.05) is 21.4 Å². The molecule has 84 valence electrons. The highest BCUT2D eigenvalue weighted by molar-refractivity contribution is 9.10. The lowest BCUT2D eigenvalue weighted by Gasteiger charge is -2.05. The van der Waals surface area contributed by atoms with Crippen molar-refractivity contribution < 1.29 is 0 Å². The molecule has 0 unspecified atom stereocenters. The van der Waals surface area contributed by atoms with Crippen LogP contribution in [0, 0.1) is 0 Å². The molecule has 0 spiro atoms. The fourth-order valence-corrected chi connectivity index (χ4v) is 2.23. The van der Waals surface area contributed by atoms with Gasteiger partial charge in [0.15, 0.2) is 0 Å². The molecule has 1 N–H and O–H groups in total. The van der Waals surface area contributed by atoms with E-state index in [2.05, 4.69) is 33.9 Å². The average molecular weight is 280 g/mol. The van der Waals surface area contributed by atoms with Crippen LogP contribution < -0.4 is 5.56 Å². The minimum atomic E-state index is -0.0130. The van der Waals surface area contributed by atoms with Crippen LogP contribution in [-0.2, 0) is 6.42 Å². The van der Waals surface area contributed by atoms with Crippen molar-refractivity contribution in [3.63, 3.8) is 0 Å². The predicted octanol–water partition coefficient (Wildman–Crippen LogP) is 3.63. The zero-order valence-electron chi connectivity index (χ0n) is 9.22. The van der Waals surface area contributed by atoms with Crippen molar-refractivity contribution in [2.75, 3.05) is 0 Å². The zero-order valence-corrected chi connectivity index (χ0v) is 10.8. The van der Waals surface area contributed by atoms with Crippen molar-refractivity contribution in [2.24, 2.45) is 0 Å². The summed E-state index contributed by atoms with van der Waals surface area (Å²) in [6, 6.07) is 7.67. The number of pyridine rings is 1. The Morgan fingerprint density at radius 1 is 1.31 bits per heavy atom. The summed E-state index contributed by atoms with van der Waals surface area (Å²) < 4.78 is 1.05. The van der Waals surface area contributed by atoms with Gasteiger partial charge in [-0.05, 0) is 36.6 Å². The van der Waals surface area contributed by atoms with Gasteiger partial charge in [-0.25, -0.2) is 0 Å². The molecule has 0 radical (unpaired) electrons. The topological polar surface area (TPSA) is 32.9 Å². The highest BCUT2D eigenvalue weighted by Gasteiger charge is 2.03. The van der Waals surface area contributed by atoms with E-state index in [1.807, 2.05) is 12.1 Å². The third-order valence-electron chi connectivity index (χ3n) is 2.69. The Morgan fingerprint density at radius 3 is 2.88 bits per heavy atom. The van der Waals surface area contributed by atoms with Crippen LogP contribution in [0.1, 0.15) is 25.3 Å². The first-order chi connectivity index (χ1) is 7.70. The van der Waals surface area contributed by atoms with Crippen molar-refractivity contribution in [1.82, 2.24) is 4.98 Å². The van der Waals surface area contributed by atoms with E-state index in [0.717, 1.165) is 40.2 Å². The van der Waals surface area contributed by atoms with Gasteiger partial charge in [-0.1, -0.05) is 29.3 Å². The number of nitrogens with one attached hydrogen (secondary N) is 1. The van der Waals surface area contributed by atoms with Gasteiger partial charge in [-0.2, -0.15) is 0 Å². The normalized spacial score (nSPS) is 10.9. The van der Waals surface area contributed by atoms with Crippen LogP contribution in [0.15, 0.2) is 33.5 Å². The Balaban J connectivity index is 2.60. The van der Waals surface area contributed by atoms with Gasteiger partial charge in [0.2, 0.25) is 5.56 Å². The summed E-state index contributed by atoms with van der Waals surface area (Å²) in [5.41, 5.74) is 2.05. The maximum absolute atomic E-state index is 11.5. The van der Waals surface area contributed by atoms with Crippen LogP contribution in [0.5, 0.6) is 0 Å². The number of halogens is 1. The molecule has 2 aromatic rings. The lowest BCUT2D eigenvalue weighted by Crippen LogP contribution is -2.06. The first-order valence-electron chi connectivity index (χ1n) is 5.52. The Morgan fingerprint density at radius 2 is 2.12 bits per heavy atom. The number of aromatic amines is 1. The minimum Gasteiger partial charge on any atom is -0.322 e. The molecule has 3 heteroatoms. The SMILES string of the molecule is CCCCc1cc(=O)[nH]c2ccc(Br)cc12. The maximum atomic E-state index is 11.5. The van der Waals surface area contributed by atoms with Crippen molar-refractivity contribution in [1.29, 1.82) is 0 Å². The van der Waals surface area contributed by atoms with E-state index in [-0.39, 0.29) is 5.56 Å². The van der Waals surface area contributed by atoms with Gasteiger partial charge in [-0.15, -0.1) is 0 Å². The van der Waals surface area contributed by atoms with Gasteiger partial charge in [0.05, 0.1) is 0 Å². The molecule has 0 aliphatic rings. The summed E-state index contributed by atoms with van der Waals surface area (Å²) in [7, 11) is 0. The van der Waals surface area contributed by atoms with Gasteiger partial charge >= 0.3 is 0 Å². The first kappa shape index (κ1) is 11.4. The summed E-state index contributed by atoms with van der Waals surface area (Å²) in [5.74, 6) is 0. The monoisotopic (exact) mass is 279 g/mol. The number of fused-ring (bicyclic) bond motifs is 1. The number of unbranched alkanes of at least 4 members (excludes halogenated alkanes) is 1. The van der Waals surface area contributed by atoms with Gasteiger partial charge in [0.25, 0.3) is 0 Å². The molecule has 0 aliphatic heterocycles. The van der Waals surface area contributed by atoms with Gasteiger partial charge in [0.1, 0.15) is 0 Å². The first-order valence-corrected chi connectivity index (χ1v) is 6.31. The summed E-state index contributed by atoms with van der Waals surface area (Å²) in [5, 5.41) is 1.14. The molecule has 1 aromatic carbocycles. The number of hydrogen-bond acceptors (Lipinski definition) is 1. The second-order valence-corrected chi connectivity index (χ2v) is 4.87. The van der Waals surface area contributed by atoms with E-state index in [4.69, 9.17) is 0 Å². The van der Waals surface area contributed by atoms with Crippen molar-refractivity contribution in [2.45, 2.75) is 26.2 Å². The van der Waals surface area contributed by atoms with Crippen molar-refractivity contribution >= 4 is 26.8 Å². The molecule has 16 heavy (non-hydrogen) atoms. The molecule has 0 saturated heterocycles. The molecular weight excluding hydrogens is 266 g/mol. The Kier molecular flexibility index (Phi) is 3.44. The molecule has 0 bridgehead atoms. The lowest BCUT2D eigenvalue weighted by molar-refractivity contribution is 0.797. The van der Waals surface area contributed by atoms with Crippen molar-refractivity contribution in [3.05, 3.63) is 44.7 Å². The van der Waals surface area contributed by atoms with Crippen LogP contribution in [0.4, 0.5) is 0 Å². The van der Waals surface area contributed by atoms with Crippen LogP contribution >= 0.6 is 15.9 Å². The molecule has 2 rings (SSSR count). The number of aromatic nitrogens is 1. The number of H-pyrrole nitrogens is 1. The van der Waals surface area contributed by atoms with Crippen LogP contribution in [0.2, 0.25) is 0 Å². The number of benzene rings is 1. The molecular formula is C13H14BrNO. The highest BCUT2D eigenvalue weighted by Crippen LogP contribution is 2.21. The fraction of sp³-hybridized carbons (Fsp3) is 0.308. The second-order valence-electron chi connectivity index (χ2n) is 3.95. The van der Waals surface area contributed by atoms with E-state index >= 15 is 0 Å². The quantitative estimate of drug-likeness (QED) is 0.914. The Hall–Kier alpha value is -1.09. The molecule has 2 nitrogen and oxygen atoms in total. The minimum absolute atomic E-state index is 0.0130. The van der Waals surface area contributed by atoms with Gasteiger partial charge < -0.3 is 4.98 Å². The fourth-order valence-electron chi connectivity index (χ4n) is 1.87. The molecule has 0 saturated carbocycles. The summed E-state index contributed by atoms with van der Waals surface area (Å²) >= 11 is 3.46. The third kappa shape index (κ3) is 2.35. The average Bonchev–Trinajstić information content (AvgIpc) is 2.26. The second kappa shape index (κ2) is 4.83. The standard InChI is InChI=1S/C13H14BrNO/c1-2-3-4-9-7-13(16)15-12-6-5-10(14)8-11(9)12/h5-8H,2-4H2,1H3,(H,15,16). The molecule has 0 aliphatic carbocycles. The highest BCUT2D eigenvalue weighted by atomic mass is 79.9. The Bertz CT molecular complexity index is 559. The number of aryl methyl sites for hydroxylation is 1. The van der Waals surface area contributed by atoms with E-state index in [1.165, 1.54) is 0 Å². The smallest absolute Gasteiger partial charge is 0.248 e. The lowest BCUT2D eigenvalue weighted by atomic mass is 10.0. The van der Waals surface area contributed by atoms with E-state index in [9.17, 15) is 4.79 Å². The zero-order chi connectivity index (χ0) is 11.5. The van der Waals surface area contributed by atoms with E-state index < -0.39 is 0 Å². The predicted molar refractivity (Wildman–Crippen MR) is 70.9 cm³/mol. The summed E-state index contributed by atoms with van der Waals surface area (Å²) in [6.45, 7) is 2.16. The van der Waals surface area contributed by atoms with Gasteiger partial charge in [-0.3, -0.25) is 4.79 Å². The number of rotatable bonds is 3. The molecule has 0 fully saturated rings. The van der Waals surface area contributed by atoms with E-state index in [1.54, 1.807) is 6.07 Å². The van der Waals surface area contributed by atoms with Crippen molar-refractivity contribution in [3.8, 4) is 0 Å². The maximum Gasteiger partial charge on any atom is 0.248 e. The van der Waals surface area contributed by atoms with E-state index in [0.29, 0.717) is 0 Å². The molecule has 1 heterocycles. The summed E-state index contributed by atoms with van der Waals surface area (Å²) in [6.07, 6.45) is 3.22. The Labute approximate surface area is 103 Å². The van der Waals surface area contributed by atoms with Crippen LogP contribution in [0.25, 0.3) is 10.9 Å². The molecule has 1 aromatic heterocycles. The number of hydrogen-bond donors (Lipinski definition) is 1.